The number of nitrogens with zero attached hydrogens (tertiary/aromatic N) is 1. The molecule has 0 saturated carbocycles. The van der Waals surface area contributed by atoms with E-state index in [2.05, 4.69) is 15.6 Å². The van der Waals surface area contributed by atoms with Crippen molar-refractivity contribution in [2.45, 2.75) is 6.42 Å². The first-order valence-electron chi connectivity index (χ1n) is 7.34. The van der Waals surface area contributed by atoms with Gasteiger partial charge in [-0.05, 0) is 48.2 Å². The zero-order valence-electron chi connectivity index (χ0n) is 12.4. The van der Waals surface area contributed by atoms with E-state index in [1.807, 2.05) is 17.5 Å². The minimum Gasteiger partial charge on any atom is -0.384 e. The van der Waals surface area contributed by atoms with Crippen molar-refractivity contribution in [2.75, 3.05) is 18.4 Å². The van der Waals surface area contributed by atoms with Gasteiger partial charge in [-0.3, -0.25) is 9.78 Å². The van der Waals surface area contributed by atoms with E-state index in [4.69, 9.17) is 0 Å². The number of hydrogen-bond acceptors (Lipinski definition) is 4. The van der Waals surface area contributed by atoms with Crippen molar-refractivity contribution < 1.29 is 9.18 Å². The molecular formula is C17H16FN3OS. The third kappa shape index (κ3) is 3.84. The van der Waals surface area contributed by atoms with Crippen LogP contribution in [-0.2, 0) is 0 Å². The fourth-order valence-corrected chi connectivity index (χ4v) is 3.07. The molecule has 0 saturated heterocycles. The van der Waals surface area contributed by atoms with E-state index < -0.39 is 0 Å². The first-order chi connectivity index (χ1) is 11.2. The van der Waals surface area contributed by atoms with Gasteiger partial charge in [0.2, 0.25) is 0 Å². The third-order valence-corrected chi connectivity index (χ3v) is 4.34. The van der Waals surface area contributed by atoms with Crippen LogP contribution in [0, 0.1) is 5.82 Å². The van der Waals surface area contributed by atoms with Crippen molar-refractivity contribution in [2.24, 2.45) is 0 Å². The van der Waals surface area contributed by atoms with E-state index in [1.54, 1.807) is 17.5 Å². The Bertz CT molecular complexity index is 801. The number of fused-ring (bicyclic) bond motifs is 1. The van der Waals surface area contributed by atoms with Crippen LogP contribution in [0.3, 0.4) is 0 Å². The topological polar surface area (TPSA) is 54.0 Å². The SMILES string of the molecule is O=C(NCCCNc1ccnc2ccsc12)c1ccc(F)cc1. The molecule has 2 N–H and O–H groups in total. The zero-order valence-corrected chi connectivity index (χ0v) is 13.2. The maximum absolute atomic E-state index is 12.8. The van der Waals surface area contributed by atoms with E-state index in [0.717, 1.165) is 28.9 Å². The molecule has 0 spiro atoms. The first-order valence-corrected chi connectivity index (χ1v) is 8.22. The van der Waals surface area contributed by atoms with Crippen molar-refractivity contribution in [1.29, 1.82) is 0 Å². The highest BCUT2D eigenvalue weighted by Gasteiger charge is 2.05. The maximum atomic E-state index is 12.8. The van der Waals surface area contributed by atoms with Gasteiger partial charge in [0.25, 0.3) is 5.91 Å². The van der Waals surface area contributed by atoms with Gasteiger partial charge in [0.05, 0.1) is 15.9 Å². The highest BCUT2D eigenvalue weighted by molar-refractivity contribution is 7.17. The second-order valence-corrected chi connectivity index (χ2v) is 5.95. The summed E-state index contributed by atoms with van der Waals surface area (Å²) in [7, 11) is 0. The van der Waals surface area contributed by atoms with Gasteiger partial charge in [-0.2, -0.15) is 0 Å². The fraction of sp³-hybridized carbons (Fsp3) is 0.176. The molecular weight excluding hydrogens is 313 g/mol. The second-order valence-electron chi connectivity index (χ2n) is 5.04. The van der Waals surface area contributed by atoms with Crippen molar-refractivity contribution in [3.05, 3.63) is 59.4 Å². The van der Waals surface area contributed by atoms with Crippen LogP contribution in [0.15, 0.2) is 48.0 Å². The largest absolute Gasteiger partial charge is 0.384 e. The molecule has 4 nitrogen and oxygen atoms in total. The molecule has 0 fully saturated rings. The number of nitrogens with one attached hydrogen (secondary N) is 2. The predicted octanol–water partition coefficient (Wildman–Crippen LogP) is 3.67. The Morgan fingerprint density at radius 2 is 1.96 bits per heavy atom. The summed E-state index contributed by atoms with van der Waals surface area (Å²) >= 11 is 1.66. The lowest BCUT2D eigenvalue weighted by Gasteiger charge is -2.08. The minimum atomic E-state index is -0.344. The Kier molecular flexibility index (Phi) is 4.83. The molecule has 0 bridgehead atoms. The molecule has 0 atom stereocenters. The molecule has 2 aromatic heterocycles. The summed E-state index contributed by atoms with van der Waals surface area (Å²) in [4.78, 5) is 16.2. The number of hydrogen-bond donors (Lipinski definition) is 2. The predicted molar refractivity (Wildman–Crippen MR) is 91.5 cm³/mol. The molecule has 118 valence electrons. The van der Waals surface area contributed by atoms with E-state index in [9.17, 15) is 9.18 Å². The van der Waals surface area contributed by atoms with Crippen LogP contribution in [0.1, 0.15) is 16.8 Å². The number of amides is 1. The van der Waals surface area contributed by atoms with E-state index in [-0.39, 0.29) is 11.7 Å². The monoisotopic (exact) mass is 329 g/mol. The third-order valence-electron chi connectivity index (χ3n) is 3.40. The Balaban J connectivity index is 1.44. The molecule has 1 amide bonds. The number of thiophene rings is 1. The van der Waals surface area contributed by atoms with E-state index >= 15 is 0 Å². The highest BCUT2D eigenvalue weighted by Crippen LogP contribution is 2.26. The van der Waals surface area contributed by atoms with E-state index in [0.29, 0.717) is 12.1 Å². The van der Waals surface area contributed by atoms with Crippen LogP contribution >= 0.6 is 11.3 Å². The Morgan fingerprint density at radius 1 is 1.13 bits per heavy atom. The van der Waals surface area contributed by atoms with Crippen molar-refractivity contribution >= 4 is 33.1 Å². The van der Waals surface area contributed by atoms with E-state index in [1.165, 1.54) is 24.3 Å². The standard InChI is InChI=1S/C17H16FN3OS/c18-13-4-2-12(3-5-13)17(22)21-9-1-8-19-14-6-10-20-15-7-11-23-16(14)15/h2-7,10-11H,1,8-9H2,(H,19,20)(H,21,22). The number of anilines is 1. The summed E-state index contributed by atoms with van der Waals surface area (Å²) in [5, 5.41) is 8.21. The second kappa shape index (κ2) is 7.19. The molecule has 0 aliphatic heterocycles. The summed E-state index contributed by atoms with van der Waals surface area (Å²) in [6.07, 6.45) is 2.58. The molecule has 3 aromatic rings. The summed E-state index contributed by atoms with van der Waals surface area (Å²) in [6.45, 7) is 1.31. The molecule has 2 heterocycles. The normalized spacial score (nSPS) is 10.7. The molecule has 23 heavy (non-hydrogen) atoms. The smallest absolute Gasteiger partial charge is 0.251 e. The van der Waals surface area contributed by atoms with Gasteiger partial charge in [-0.1, -0.05) is 0 Å². The average Bonchev–Trinajstić information content (AvgIpc) is 3.04. The summed E-state index contributed by atoms with van der Waals surface area (Å²) in [5.41, 5.74) is 2.52. The number of pyridine rings is 1. The van der Waals surface area contributed by atoms with Gasteiger partial charge in [-0.25, -0.2) is 4.39 Å². The number of aromatic nitrogens is 1. The minimum absolute atomic E-state index is 0.186. The van der Waals surface area contributed by atoms with Crippen LogP contribution in [0.4, 0.5) is 10.1 Å². The number of rotatable bonds is 6. The summed E-state index contributed by atoms with van der Waals surface area (Å²) < 4.78 is 13.9. The molecule has 0 radical (unpaired) electrons. The quantitative estimate of drug-likeness (QED) is 0.679. The van der Waals surface area contributed by atoms with Gasteiger partial charge in [-0.15, -0.1) is 11.3 Å². The van der Waals surface area contributed by atoms with Gasteiger partial charge >= 0.3 is 0 Å². The van der Waals surface area contributed by atoms with Crippen LogP contribution in [0.25, 0.3) is 10.2 Å². The first kappa shape index (κ1) is 15.4. The van der Waals surface area contributed by atoms with Crippen molar-refractivity contribution in [1.82, 2.24) is 10.3 Å². The maximum Gasteiger partial charge on any atom is 0.251 e. The van der Waals surface area contributed by atoms with Crippen LogP contribution in [-0.4, -0.2) is 24.0 Å². The van der Waals surface area contributed by atoms with Gasteiger partial charge in [0, 0.05) is 24.8 Å². The summed E-state index contributed by atoms with van der Waals surface area (Å²) in [6, 6.07) is 9.48. The molecule has 3 rings (SSSR count). The lowest BCUT2D eigenvalue weighted by Crippen LogP contribution is -2.25. The Morgan fingerprint density at radius 3 is 2.78 bits per heavy atom. The molecule has 0 unspecified atom stereocenters. The number of carbonyl (C=O) groups is 1. The van der Waals surface area contributed by atoms with Crippen LogP contribution in [0.5, 0.6) is 0 Å². The van der Waals surface area contributed by atoms with Crippen LogP contribution < -0.4 is 10.6 Å². The van der Waals surface area contributed by atoms with Gasteiger partial charge in [0.15, 0.2) is 0 Å². The average molecular weight is 329 g/mol. The number of carbonyl (C=O) groups excluding carboxylic acids is 1. The summed E-state index contributed by atoms with van der Waals surface area (Å²) in [5.74, 6) is -0.530. The van der Waals surface area contributed by atoms with Crippen molar-refractivity contribution in [3.63, 3.8) is 0 Å². The Labute approximate surface area is 137 Å². The molecule has 0 aliphatic carbocycles. The molecule has 0 aliphatic rings. The fourth-order valence-electron chi connectivity index (χ4n) is 2.23. The lowest BCUT2D eigenvalue weighted by molar-refractivity contribution is 0.0953. The van der Waals surface area contributed by atoms with Crippen LogP contribution in [0.2, 0.25) is 0 Å². The van der Waals surface area contributed by atoms with Crippen molar-refractivity contribution in [3.8, 4) is 0 Å². The van der Waals surface area contributed by atoms with Gasteiger partial charge < -0.3 is 10.6 Å². The highest BCUT2D eigenvalue weighted by atomic mass is 32.1. The molecule has 6 heteroatoms. The number of halogens is 1. The number of benzene rings is 1. The lowest BCUT2D eigenvalue weighted by atomic mass is 10.2. The molecule has 1 aromatic carbocycles. The zero-order chi connectivity index (χ0) is 16.1. The Hall–Kier alpha value is -2.47. The van der Waals surface area contributed by atoms with Gasteiger partial charge in [0.1, 0.15) is 5.82 Å².